The van der Waals surface area contributed by atoms with Gasteiger partial charge in [-0.15, -0.1) is 10.2 Å². The summed E-state index contributed by atoms with van der Waals surface area (Å²) in [6.07, 6.45) is 0. The molecule has 0 aromatic carbocycles. The molecule has 0 aliphatic carbocycles. The molecule has 0 fully saturated rings. The maximum Gasteiger partial charge on any atom is 0.216 e. The molecule has 2 aromatic rings. The first-order valence-electron chi connectivity index (χ1n) is 3.53. The van der Waals surface area contributed by atoms with Crippen LogP contribution in [0, 0.1) is 0 Å². The van der Waals surface area contributed by atoms with Crippen molar-refractivity contribution >= 4 is 40.8 Å². The van der Waals surface area contributed by atoms with E-state index in [1.54, 1.807) is 0 Å². The minimum absolute atomic E-state index is 0.301. The maximum atomic E-state index is 5.82. The third-order valence-electron chi connectivity index (χ3n) is 1.33. The molecule has 0 unspecified atom stereocenters. The Labute approximate surface area is 92.4 Å². The summed E-state index contributed by atoms with van der Waals surface area (Å²) in [6, 6.07) is 0. The number of H-pyrrole nitrogens is 1. The largest absolute Gasteiger partial charge is 0.368 e. The Morgan fingerprint density at radius 3 is 3.00 bits per heavy atom. The molecular weight excluding hydrogens is 244 g/mol. The van der Waals surface area contributed by atoms with Crippen molar-refractivity contribution in [3.8, 4) is 0 Å². The average molecular weight is 249 g/mol. The van der Waals surface area contributed by atoms with E-state index in [2.05, 4.69) is 24.8 Å². The van der Waals surface area contributed by atoms with Gasteiger partial charge in [-0.3, -0.25) is 0 Å². The zero-order valence-corrected chi connectivity index (χ0v) is 9.16. The van der Waals surface area contributed by atoms with Gasteiger partial charge in [-0.2, -0.15) is 4.98 Å². The minimum atomic E-state index is 0.301. The van der Waals surface area contributed by atoms with E-state index in [1.807, 2.05) is 0 Å². The van der Waals surface area contributed by atoms with Gasteiger partial charge in [-0.25, -0.2) is 5.10 Å². The van der Waals surface area contributed by atoms with Crippen molar-refractivity contribution in [3.05, 3.63) is 10.0 Å². The van der Waals surface area contributed by atoms with Crippen molar-refractivity contribution in [2.45, 2.75) is 10.9 Å². The Hall–Kier alpha value is -0.860. The standard InChI is InChI=1S/C5H5ClN6S2/c6-3-2(9-12-14-3)1-13-5-8-4(7)10-11-5/h1H2,(H3,7,8,10,11). The monoisotopic (exact) mass is 248 g/mol. The first kappa shape index (κ1) is 9.69. The Kier molecular flexibility index (Phi) is 2.85. The van der Waals surface area contributed by atoms with Crippen LogP contribution < -0.4 is 5.73 Å². The average Bonchev–Trinajstić information content (AvgIpc) is 2.72. The highest BCUT2D eigenvalue weighted by atomic mass is 35.5. The number of nitrogens with zero attached hydrogens (tertiary/aromatic N) is 4. The number of nitrogens with one attached hydrogen (secondary N) is 1. The molecule has 3 N–H and O–H groups in total. The first-order chi connectivity index (χ1) is 6.75. The Morgan fingerprint density at radius 2 is 2.43 bits per heavy atom. The van der Waals surface area contributed by atoms with Crippen molar-refractivity contribution in [1.29, 1.82) is 0 Å². The van der Waals surface area contributed by atoms with Gasteiger partial charge >= 0.3 is 0 Å². The number of nitrogen functional groups attached to an aromatic ring is 1. The second-order valence-corrected chi connectivity index (χ2v) is 4.58. The summed E-state index contributed by atoms with van der Waals surface area (Å²) in [7, 11) is 0. The maximum absolute atomic E-state index is 5.82. The van der Waals surface area contributed by atoms with Gasteiger partial charge in [0.2, 0.25) is 11.1 Å². The number of hydrogen-bond acceptors (Lipinski definition) is 7. The van der Waals surface area contributed by atoms with Gasteiger partial charge in [-0.05, 0) is 0 Å². The van der Waals surface area contributed by atoms with E-state index < -0.39 is 0 Å². The minimum Gasteiger partial charge on any atom is -0.368 e. The molecule has 9 heteroatoms. The molecule has 0 spiro atoms. The fourth-order valence-electron chi connectivity index (χ4n) is 0.739. The molecule has 0 radical (unpaired) electrons. The van der Waals surface area contributed by atoms with E-state index in [4.69, 9.17) is 17.3 Å². The molecule has 0 aliphatic rings. The Balaban J connectivity index is 1.98. The summed E-state index contributed by atoms with van der Waals surface area (Å²) in [5.74, 6) is 0.891. The lowest BCUT2D eigenvalue weighted by molar-refractivity contribution is 0.970. The summed E-state index contributed by atoms with van der Waals surface area (Å²) in [4.78, 5) is 3.93. The van der Waals surface area contributed by atoms with Crippen LogP contribution >= 0.6 is 34.9 Å². The highest BCUT2D eigenvalue weighted by molar-refractivity contribution is 7.98. The summed E-state index contributed by atoms with van der Waals surface area (Å²) in [5.41, 5.74) is 6.10. The molecule has 0 amide bonds. The molecular formula is C5H5ClN6S2. The number of thioether (sulfide) groups is 1. The van der Waals surface area contributed by atoms with Crippen LogP contribution in [-0.4, -0.2) is 24.8 Å². The van der Waals surface area contributed by atoms with Crippen molar-refractivity contribution in [3.63, 3.8) is 0 Å². The highest BCUT2D eigenvalue weighted by Crippen LogP contribution is 2.24. The molecule has 74 valence electrons. The van der Waals surface area contributed by atoms with E-state index in [0.717, 1.165) is 17.2 Å². The van der Waals surface area contributed by atoms with Gasteiger partial charge < -0.3 is 5.73 Å². The second kappa shape index (κ2) is 4.11. The van der Waals surface area contributed by atoms with E-state index in [0.29, 0.717) is 21.2 Å². The molecule has 2 aromatic heterocycles. The van der Waals surface area contributed by atoms with Crippen molar-refractivity contribution in [2.75, 3.05) is 5.73 Å². The molecule has 14 heavy (non-hydrogen) atoms. The molecule has 0 bridgehead atoms. The number of halogens is 1. The van der Waals surface area contributed by atoms with Crippen LogP contribution in [0.15, 0.2) is 5.16 Å². The number of aromatic amines is 1. The quantitative estimate of drug-likeness (QED) is 0.793. The van der Waals surface area contributed by atoms with Crippen LogP contribution in [0.5, 0.6) is 0 Å². The van der Waals surface area contributed by atoms with E-state index >= 15 is 0 Å². The molecule has 2 rings (SSSR count). The van der Waals surface area contributed by atoms with Crippen molar-refractivity contribution in [1.82, 2.24) is 24.8 Å². The lowest BCUT2D eigenvalue weighted by Gasteiger charge is -1.91. The fourth-order valence-corrected chi connectivity index (χ4v) is 2.28. The summed E-state index contributed by atoms with van der Waals surface area (Å²) < 4.78 is 4.31. The number of anilines is 1. The van der Waals surface area contributed by atoms with Gasteiger partial charge in [0.05, 0.1) is 0 Å². The normalized spacial score (nSPS) is 10.6. The first-order valence-corrected chi connectivity index (χ1v) is 5.67. The third-order valence-corrected chi connectivity index (χ3v) is 3.17. The molecule has 0 atom stereocenters. The number of aromatic nitrogens is 5. The topological polar surface area (TPSA) is 93.4 Å². The molecule has 6 nitrogen and oxygen atoms in total. The molecule has 0 saturated heterocycles. The van der Waals surface area contributed by atoms with Gasteiger partial charge in [0, 0.05) is 17.3 Å². The lowest BCUT2D eigenvalue weighted by atomic mass is 10.6. The zero-order valence-electron chi connectivity index (χ0n) is 6.77. The predicted octanol–water partition coefficient (Wildman–Crippen LogP) is 1.18. The van der Waals surface area contributed by atoms with E-state index in [1.165, 1.54) is 11.8 Å². The van der Waals surface area contributed by atoms with E-state index in [-0.39, 0.29) is 0 Å². The summed E-state index contributed by atoms with van der Waals surface area (Å²) >= 11 is 8.38. The third kappa shape index (κ3) is 2.14. The smallest absolute Gasteiger partial charge is 0.216 e. The SMILES string of the molecule is Nc1nc(SCc2nnsc2Cl)n[nH]1. The Bertz CT molecular complexity index is 425. The Morgan fingerprint density at radius 1 is 1.57 bits per heavy atom. The number of hydrogen-bond donors (Lipinski definition) is 2. The van der Waals surface area contributed by atoms with Crippen molar-refractivity contribution < 1.29 is 0 Å². The molecule has 2 heterocycles. The van der Waals surface area contributed by atoms with Crippen LogP contribution in [0.1, 0.15) is 5.69 Å². The van der Waals surface area contributed by atoms with Gasteiger partial charge in [0.15, 0.2) is 0 Å². The van der Waals surface area contributed by atoms with Gasteiger partial charge in [0.25, 0.3) is 0 Å². The zero-order chi connectivity index (χ0) is 9.97. The van der Waals surface area contributed by atoms with Crippen LogP contribution in [-0.2, 0) is 5.75 Å². The predicted molar refractivity (Wildman–Crippen MR) is 55.3 cm³/mol. The molecule has 0 aliphatic heterocycles. The number of nitrogens with two attached hydrogens (primary N) is 1. The van der Waals surface area contributed by atoms with Crippen LogP contribution in [0.2, 0.25) is 4.34 Å². The molecule has 0 saturated carbocycles. The summed E-state index contributed by atoms with van der Waals surface area (Å²) in [6.45, 7) is 0. The van der Waals surface area contributed by atoms with Crippen molar-refractivity contribution in [2.24, 2.45) is 0 Å². The van der Waals surface area contributed by atoms with Crippen LogP contribution in [0.4, 0.5) is 5.95 Å². The van der Waals surface area contributed by atoms with E-state index in [9.17, 15) is 0 Å². The van der Waals surface area contributed by atoms with Crippen LogP contribution in [0.3, 0.4) is 0 Å². The number of rotatable bonds is 3. The second-order valence-electron chi connectivity index (χ2n) is 2.29. The highest BCUT2D eigenvalue weighted by Gasteiger charge is 2.07. The van der Waals surface area contributed by atoms with Gasteiger partial charge in [0.1, 0.15) is 10.0 Å². The van der Waals surface area contributed by atoms with Gasteiger partial charge in [-0.1, -0.05) is 27.9 Å². The van der Waals surface area contributed by atoms with Crippen LogP contribution in [0.25, 0.3) is 0 Å². The fraction of sp³-hybridized carbons (Fsp3) is 0.200. The lowest BCUT2D eigenvalue weighted by Crippen LogP contribution is -1.85. The summed E-state index contributed by atoms with van der Waals surface area (Å²) in [5, 5.41) is 10.8.